The molecule has 2 bridgehead atoms. The van der Waals surface area contributed by atoms with Crippen LogP contribution in [0.3, 0.4) is 0 Å². The number of likely N-dealkylation sites (tertiary alicyclic amines) is 1. The summed E-state index contributed by atoms with van der Waals surface area (Å²) in [4.78, 5) is 44.4. The maximum Gasteiger partial charge on any atom is 0.405 e. The number of rotatable bonds is 7. The van der Waals surface area contributed by atoms with Gasteiger partial charge in [0.1, 0.15) is 17.7 Å². The monoisotopic (exact) mass is 709 g/mol. The number of hydrogen-bond acceptors (Lipinski definition) is 6. The Hall–Kier alpha value is -5.26. The summed E-state index contributed by atoms with van der Waals surface area (Å²) in [6, 6.07) is 23.9. The summed E-state index contributed by atoms with van der Waals surface area (Å²) in [6.45, 7) is 1.64. The first-order chi connectivity index (χ1) is 25.9. The van der Waals surface area contributed by atoms with E-state index in [0.717, 1.165) is 68.7 Å². The van der Waals surface area contributed by atoms with E-state index in [0.29, 0.717) is 50.6 Å². The van der Waals surface area contributed by atoms with Gasteiger partial charge in [0.15, 0.2) is 0 Å². The van der Waals surface area contributed by atoms with Crippen LogP contribution in [0.5, 0.6) is 0 Å². The highest BCUT2D eigenvalue weighted by molar-refractivity contribution is 6.05. The van der Waals surface area contributed by atoms with Crippen LogP contribution in [0.15, 0.2) is 72.9 Å². The maximum absolute atomic E-state index is 13.9. The van der Waals surface area contributed by atoms with Crippen molar-refractivity contribution in [2.45, 2.75) is 69.1 Å². The minimum absolute atomic E-state index is 0.0908. The standard InChI is InChI=1S/C42H43N7O4/c50-41(37(48-42(51)52)23-13-16-53-17-14-23)49-15-1-2-35(49)39-45-33-12-9-28-19-27(8-11-32(28)38(33)47-39)24-3-4-26-20-29(6-5-25(26)18-24)34-22-43-40(46-34)36-30-7-10-31(21-30)44-36/h3-6,8-9,11-12,18-20,22-23,30-31,35-37,44,48H,1-2,7,10,13-17,21H2,(H,43,46)(H,45,47)(H,51,52)/t30-,31+,35-,36-,37?/m0/s1. The third kappa shape index (κ3) is 5.82. The van der Waals surface area contributed by atoms with Crippen LogP contribution in [0, 0.1) is 11.8 Å². The summed E-state index contributed by atoms with van der Waals surface area (Å²) in [5.41, 5.74) is 6.27. The van der Waals surface area contributed by atoms with E-state index in [2.05, 4.69) is 87.3 Å². The molecule has 5 N–H and O–H groups in total. The van der Waals surface area contributed by atoms with Gasteiger partial charge in [-0.3, -0.25) is 4.79 Å². The molecular formula is C42H43N7O4. The molecule has 3 saturated heterocycles. The summed E-state index contributed by atoms with van der Waals surface area (Å²) >= 11 is 0. The van der Waals surface area contributed by atoms with Crippen molar-refractivity contribution in [3.05, 3.63) is 84.6 Å². The molecule has 1 saturated carbocycles. The topological polar surface area (TPSA) is 148 Å². The Morgan fingerprint density at radius 2 is 1.60 bits per heavy atom. The number of H-pyrrole nitrogens is 2. The zero-order valence-electron chi connectivity index (χ0n) is 29.5. The summed E-state index contributed by atoms with van der Waals surface area (Å²) in [7, 11) is 0. The minimum atomic E-state index is -1.18. The third-order valence-electron chi connectivity index (χ3n) is 12.4. The molecule has 11 heteroatoms. The molecule has 10 rings (SSSR count). The van der Waals surface area contributed by atoms with Gasteiger partial charge in [-0.1, -0.05) is 42.5 Å². The van der Waals surface area contributed by atoms with Gasteiger partial charge in [0.05, 0.1) is 35.0 Å². The second-order valence-electron chi connectivity index (χ2n) is 15.5. The predicted octanol–water partition coefficient (Wildman–Crippen LogP) is 7.47. The lowest BCUT2D eigenvalue weighted by Gasteiger charge is -2.33. The van der Waals surface area contributed by atoms with Crippen LogP contribution in [0.4, 0.5) is 4.79 Å². The van der Waals surface area contributed by atoms with E-state index in [-0.39, 0.29) is 17.9 Å². The molecule has 1 unspecified atom stereocenters. The first-order valence-electron chi connectivity index (χ1n) is 19.1. The van der Waals surface area contributed by atoms with Crippen LogP contribution in [-0.4, -0.2) is 73.8 Å². The molecule has 3 aliphatic heterocycles. The van der Waals surface area contributed by atoms with E-state index in [1.165, 1.54) is 30.0 Å². The Labute approximate surface area is 306 Å². The highest BCUT2D eigenvalue weighted by Gasteiger charge is 2.42. The minimum Gasteiger partial charge on any atom is -0.465 e. The molecule has 53 heavy (non-hydrogen) atoms. The van der Waals surface area contributed by atoms with Gasteiger partial charge in [0.2, 0.25) is 5.91 Å². The van der Waals surface area contributed by atoms with Gasteiger partial charge < -0.3 is 35.3 Å². The molecule has 2 aromatic heterocycles. The number of carbonyl (C=O) groups is 2. The summed E-state index contributed by atoms with van der Waals surface area (Å²) < 4.78 is 5.49. The number of nitrogens with one attached hydrogen (secondary N) is 4. The lowest BCUT2D eigenvalue weighted by molar-refractivity contribution is -0.136. The fourth-order valence-corrected chi connectivity index (χ4v) is 9.61. The first kappa shape index (κ1) is 32.4. The second-order valence-corrected chi connectivity index (χ2v) is 15.5. The predicted molar refractivity (Wildman–Crippen MR) is 203 cm³/mol. The molecule has 0 spiro atoms. The Kier molecular flexibility index (Phi) is 7.94. The lowest BCUT2D eigenvalue weighted by atomic mass is 9.90. The van der Waals surface area contributed by atoms with Crippen molar-refractivity contribution in [1.29, 1.82) is 0 Å². The van der Waals surface area contributed by atoms with Crippen molar-refractivity contribution >= 4 is 44.6 Å². The SMILES string of the molecule is O=C(O)NC(C(=O)N1CCC[C@H]1c1nc2c(ccc3cc(-c4ccc5cc(-c6cnc([C@H]7N[C@@H]8CC[C@H]7C8)[nH]6)ccc5c4)ccc32)[nH]1)C1CCOCC1. The molecule has 2 amide bonds. The largest absolute Gasteiger partial charge is 0.465 e. The van der Waals surface area contributed by atoms with Crippen LogP contribution in [0.25, 0.3) is 55.0 Å². The third-order valence-corrected chi connectivity index (χ3v) is 12.4. The zero-order chi connectivity index (χ0) is 35.6. The Balaban J connectivity index is 0.896. The molecular weight excluding hydrogens is 667 g/mol. The maximum atomic E-state index is 13.9. The Morgan fingerprint density at radius 3 is 2.38 bits per heavy atom. The van der Waals surface area contributed by atoms with Crippen molar-refractivity contribution in [3.63, 3.8) is 0 Å². The molecule has 5 heterocycles. The molecule has 6 aromatic rings. The fourth-order valence-electron chi connectivity index (χ4n) is 9.61. The lowest BCUT2D eigenvalue weighted by Crippen LogP contribution is -2.52. The van der Waals surface area contributed by atoms with Crippen LogP contribution in [0.1, 0.15) is 68.7 Å². The Bertz CT molecular complexity index is 2380. The average Bonchev–Trinajstić information content (AvgIpc) is 4.04. The number of carbonyl (C=O) groups excluding carboxylic acids is 1. The highest BCUT2D eigenvalue weighted by atomic mass is 16.5. The molecule has 11 nitrogen and oxygen atoms in total. The van der Waals surface area contributed by atoms with Gasteiger partial charge in [-0.2, -0.15) is 0 Å². The number of aromatic nitrogens is 4. The Morgan fingerprint density at radius 1 is 0.849 bits per heavy atom. The number of hydrogen-bond donors (Lipinski definition) is 5. The van der Waals surface area contributed by atoms with Gasteiger partial charge in [-0.05, 0) is 108 Å². The number of aromatic amines is 2. The van der Waals surface area contributed by atoms with Crippen molar-refractivity contribution in [1.82, 2.24) is 35.5 Å². The molecule has 4 aromatic carbocycles. The molecule has 5 atom stereocenters. The van der Waals surface area contributed by atoms with Gasteiger partial charge in [-0.15, -0.1) is 0 Å². The number of nitrogens with zero attached hydrogens (tertiary/aromatic N) is 3. The smallest absolute Gasteiger partial charge is 0.405 e. The number of carboxylic acid groups (broad SMARTS) is 1. The van der Waals surface area contributed by atoms with Crippen molar-refractivity contribution in [2.24, 2.45) is 11.8 Å². The van der Waals surface area contributed by atoms with Gasteiger partial charge in [0, 0.05) is 36.8 Å². The van der Waals surface area contributed by atoms with E-state index in [9.17, 15) is 14.7 Å². The number of piperidine rings is 1. The van der Waals surface area contributed by atoms with E-state index >= 15 is 0 Å². The van der Waals surface area contributed by atoms with Crippen LogP contribution >= 0.6 is 0 Å². The average molecular weight is 710 g/mol. The molecule has 1 aliphatic carbocycles. The van der Waals surface area contributed by atoms with E-state index in [4.69, 9.17) is 14.7 Å². The summed E-state index contributed by atoms with van der Waals surface area (Å²) in [6.07, 6.45) is 7.55. The van der Waals surface area contributed by atoms with E-state index in [1.54, 1.807) is 0 Å². The number of ether oxygens (including phenoxy) is 1. The van der Waals surface area contributed by atoms with Crippen molar-refractivity contribution in [2.75, 3.05) is 19.8 Å². The molecule has 4 fully saturated rings. The van der Waals surface area contributed by atoms with Crippen LogP contribution in [0.2, 0.25) is 0 Å². The number of fused-ring (bicyclic) bond motifs is 6. The number of benzene rings is 4. The molecule has 4 aliphatic rings. The van der Waals surface area contributed by atoms with Gasteiger partial charge in [-0.25, -0.2) is 14.8 Å². The van der Waals surface area contributed by atoms with Crippen molar-refractivity contribution in [3.8, 4) is 22.4 Å². The van der Waals surface area contributed by atoms with Gasteiger partial charge in [0.25, 0.3) is 0 Å². The second kappa shape index (κ2) is 13.0. The first-order valence-corrected chi connectivity index (χ1v) is 19.1. The fraction of sp³-hybridized carbons (Fsp3) is 0.381. The number of amides is 2. The molecule has 270 valence electrons. The summed E-state index contributed by atoms with van der Waals surface area (Å²) in [5.74, 6) is 2.22. The van der Waals surface area contributed by atoms with Crippen LogP contribution < -0.4 is 10.6 Å². The van der Waals surface area contributed by atoms with Crippen LogP contribution in [-0.2, 0) is 9.53 Å². The zero-order valence-corrected chi connectivity index (χ0v) is 29.5. The van der Waals surface area contributed by atoms with E-state index < -0.39 is 12.1 Å². The number of imidazole rings is 2. The van der Waals surface area contributed by atoms with Crippen molar-refractivity contribution < 1.29 is 19.4 Å². The quantitative estimate of drug-likeness (QED) is 0.116. The normalized spacial score (nSPS) is 23.7. The van der Waals surface area contributed by atoms with Gasteiger partial charge >= 0.3 is 6.09 Å². The summed E-state index contributed by atoms with van der Waals surface area (Å²) in [5, 5.41) is 20.4. The highest BCUT2D eigenvalue weighted by Crippen LogP contribution is 2.43. The van der Waals surface area contributed by atoms with E-state index in [1.807, 2.05) is 11.1 Å². The molecule has 0 radical (unpaired) electrons.